The zero-order valence-corrected chi connectivity index (χ0v) is 13.1. The lowest BCUT2D eigenvalue weighted by molar-refractivity contribution is -0.143. The summed E-state index contributed by atoms with van der Waals surface area (Å²) in [7, 11) is -4.18. The predicted octanol–water partition coefficient (Wildman–Crippen LogP) is 2.45. The summed E-state index contributed by atoms with van der Waals surface area (Å²) in [5.41, 5.74) is 0. The lowest BCUT2D eigenvalue weighted by Crippen LogP contribution is -2.15. The fourth-order valence-electron chi connectivity index (χ4n) is 1.57. The minimum Gasteiger partial charge on any atom is -0.498 e. The Bertz CT molecular complexity index is 349. The number of carbonyl (C=O) groups is 1. The zero-order chi connectivity index (χ0) is 15.6. The third-order valence-corrected chi connectivity index (χ3v) is 3.49. The highest BCUT2D eigenvalue weighted by Gasteiger charge is 2.25. The van der Waals surface area contributed by atoms with Gasteiger partial charge in [0, 0.05) is 12.3 Å². The van der Waals surface area contributed by atoms with Crippen molar-refractivity contribution < 1.29 is 28.6 Å². The van der Waals surface area contributed by atoms with Crippen molar-refractivity contribution in [3.63, 3.8) is 0 Å². The van der Waals surface area contributed by atoms with Crippen LogP contribution in [0.2, 0.25) is 0 Å². The van der Waals surface area contributed by atoms with Gasteiger partial charge in [0.25, 0.3) is 0 Å². The first kappa shape index (κ1) is 19.2. The van der Waals surface area contributed by atoms with E-state index < -0.39 is 13.5 Å². The molecule has 0 aromatic carbocycles. The van der Waals surface area contributed by atoms with Crippen LogP contribution in [0.3, 0.4) is 0 Å². The second-order valence-corrected chi connectivity index (χ2v) is 6.31. The van der Waals surface area contributed by atoms with Crippen LogP contribution >= 0.6 is 7.60 Å². The molecule has 1 unspecified atom stereocenters. The molecule has 0 aromatic rings. The van der Waals surface area contributed by atoms with Crippen LogP contribution < -0.4 is 0 Å². The normalized spacial score (nSPS) is 12.8. The molecule has 20 heavy (non-hydrogen) atoms. The maximum Gasteiger partial charge on any atom is 0.326 e. The molecule has 0 saturated heterocycles. The summed E-state index contributed by atoms with van der Waals surface area (Å²) in [6, 6.07) is 0. The second kappa shape index (κ2) is 9.97. The fourth-order valence-corrected chi connectivity index (χ4v) is 2.53. The minimum absolute atomic E-state index is 0.0964. The molecule has 7 heteroatoms. The SMILES string of the molecule is C=C(OCCC)C(CCC(=O)OCCC)CP(=O)(O)O. The smallest absolute Gasteiger partial charge is 0.326 e. The number of rotatable bonds is 11. The first-order valence-corrected chi connectivity index (χ1v) is 8.61. The molecule has 0 bridgehead atoms. The monoisotopic (exact) mass is 308 g/mol. The van der Waals surface area contributed by atoms with Crippen LogP contribution in [-0.4, -0.2) is 35.1 Å². The van der Waals surface area contributed by atoms with Gasteiger partial charge in [-0.25, -0.2) is 0 Å². The van der Waals surface area contributed by atoms with Crippen molar-refractivity contribution in [1.29, 1.82) is 0 Å². The molecule has 0 radical (unpaired) electrons. The van der Waals surface area contributed by atoms with E-state index in [9.17, 15) is 9.36 Å². The van der Waals surface area contributed by atoms with Crippen molar-refractivity contribution in [1.82, 2.24) is 0 Å². The van der Waals surface area contributed by atoms with Gasteiger partial charge in [-0.05, 0) is 19.3 Å². The highest BCUT2D eigenvalue weighted by molar-refractivity contribution is 7.51. The number of hydrogen-bond donors (Lipinski definition) is 2. The van der Waals surface area contributed by atoms with E-state index in [1.165, 1.54) is 0 Å². The summed E-state index contributed by atoms with van der Waals surface area (Å²) in [5, 5.41) is 0. The van der Waals surface area contributed by atoms with E-state index in [1.807, 2.05) is 13.8 Å². The molecule has 0 fully saturated rings. The van der Waals surface area contributed by atoms with E-state index in [4.69, 9.17) is 19.3 Å². The number of ether oxygens (including phenoxy) is 2. The lowest BCUT2D eigenvalue weighted by Gasteiger charge is -2.20. The van der Waals surface area contributed by atoms with E-state index in [0.29, 0.717) is 19.0 Å². The van der Waals surface area contributed by atoms with Gasteiger partial charge in [0.05, 0.1) is 25.1 Å². The van der Waals surface area contributed by atoms with Gasteiger partial charge in [-0.3, -0.25) is 9.36 Å². The number of hydrogen-bond acceptors (Lipinski definition) is 4. The molecule has 1 atom stereocenters. The quantitative estimate of drug-likeness (QED) is 0.346. The zero-order valence-electron chi connectivity index (χ0n) is 12.2. The number of carbonyl (C=O) groups excluding carboxylic acids is 1. The Morgan fingerprint density at radius 2 is 1.75 bits per heavy atom. The molecule has 0 heterocycles. The van der Waals surface area contributed by atoms with Gasteiger partial charge in [-0.1, -0.05) is 20.4 Å². The van der Waals surface area contributed by atoms with E-state index in [0.717, 1.165) is 12.8 Å². The van der Waals surface area contributed by atoms with Crippen LogP contribution in [0.5, 0.6) is 0 Å². The third-order valence-electron chi connectivity index (χ3n) is 2.57. The molecule has 0 aliphatic carbocycles. The van der Waals surface area contributed by atoms with Crippen LogP contribution in [0.25, 0.3) is 0 Å². The van der Waals surface area contributed by atoms with E-state index in [1.54, 1.807) is 0 Å². The molecule has 2 N–H and O–H groups in total. The maximum atomic E-state index is 11.4. The number of allylic oxidation sites excluding steroid dienone is 1. The van der Waals surface area contributed by atoms with Crippen molar-refractivity contribution in [3.05, 3.63) is 12.3 Å². The Balaban J connectivity index is 4.41. The predicted molar refractivity (Wildman–Crippen MR) is 76.3 cm³/mol. The van der Waals surface area contributed by atoms with Crippen molar-refractivity contribution in [3.8, 4) is 0 Å². The Kier molecular flexibility index (Phi) is 9.55. The lowest BCUT2D eigenvalue weighted by atomic mass is 10.0. The molecule has 0 aliphatic heterocycles. The summed E-state index contributed by atoms with van der Waals surface area (Å²) in [5.74, 6) is -0.596. The molecule has 0 aromatic heterocycles. The summed E-state index contributed by atoms with van der Waals surface area (Å²) in [6.45, 7) is 8.31. The average Bonchev–Trinajstić information content (AvgIpc) is 2.36. The van der Waals surface area contributed by atoms with Crippen LogP contribution in [0.4, 0.5) is 0 Å². The van der Waals surface area contributed by atoms with Crippen molar-refractivity contribution in [2.45, 2.75) is 39.5 Å². The summed E-state index contributed by atoms with van der Waals surface area (Å²) < 4.78 is 21.4. The van der Waals surface area contributed by atoms with Gasteiger partial charge in [0.2, 0.25) is 0 Å². The van der Waals surface area contributed by atoms with E-state index in [2.05, 4.69) is 6.58 Å². The Hall–Kier alpha value is -0.840. The Morgan fingerprint density at radius 3 is 2.25 bits per heavy atom. The molecular formula is C13H25O6P. The van der Waals surface area contributed by atoms with Crippen LogP contribution in [0, 0.1) is 5.92 Å². The standard InChI is InChI=1S/C13H25O6P/c1-4-8-18-11(3)12(10-20(15,16)17)6-7-13(14)19-9-5-2/h12H,3-10H2,1-2H3,(H2,15,16,17). The maximum absolute atomic E-state index is 11.4. The minimum atomic E-state index is -4.18. The molecule has 0 rings (SSSR count). The van der Waals surface area contributed by atoms with Gasteiger partial charge in [-0.15, -0.1) is 0 Å². The number of esters is 1. The molecule has 0 amide bonds. The summed E-state index contributed by atoms with van der Waals surface area (Å²) >= 11 is 0. The van der Waals surface area contributed by atoms with Crippen LogP contribution in [-0.2, 0) is 18.8 Å². The average molecular weight is 308 g/mol. The third kappa shape index (κ3) is 10.0. The summed E-state index contributed by atoms with van der Waals surface area (Å²) in [6.07, 6.45) is 1.51. The van der Waals surface area contributed by atoms with Gasteiger partial charge < -0.3 is 19.3 Å². The van der Waals surface area contributed by atoms with E-state index >= 15 is 0 Å². The molecular weight excluding hydrogens is 283 g/mol. The van der Waals surface area contributed by atoms with Crippen LogP contribution in [0.15, 0.2) is 12.3 Å². The van der Waals surface area contributed by atoms with Gasteiger partial charge in [0.15, 0.2) is 0 Å². The van der Waals surface area contributed by atoms with Gasteiger partial charge in [0.1, 0.15) is 0 Å². The highest BCUT2D eigenvalue weighted by Crippen LogP contribution is 2.40. The molecule has 0 spiro atoms. The molecule has 0 saturated carbocycles. The van der Waals surface area contributed by atoms with Crippen molar-refractivity contribution in [2.75, 3.05) is 19.4 Å². The van der Waals surface area contributed by atoms with Crippen molar-refractivity contribution >= 4 is 13.6 Å². The van der Waals surface area contributed by atoms with Crippen LogP contribution in [0.1, 0.15) is 39.5 Å². The molecule has 0 aliphatic rings. The Morgan fingerprint density at radius 1 is 1.20 bits per heavy atom. The van der Waals surface area contributed by atoms with Crippen molar-refractivity contribution in [2.24, 2.45) is 5.92 Å². The fraction of sp³-hybridized carbons (Fsp3) is 0.769. The largest absolute Gasteiger partial charge is 0.498 e. The second-order valence-electron chi connectivity index (χ2n) is 4.62. The topological polar surface area (TPSA) is 93.1 Å². The first-order chi connectivity index (χ1) is 9.30. The molecule has 118 valence electrons. The Labute approximate surface area is 120 Å². The van der Waals surface area contributed by atoms with Gasteiger partial charge in [-0.2, -0.15) is 0 Å². The highest BCUT2D eigenvalue weighted by atomic mass is 31.2. The summed E-state index contributed by atoms with van der Waals surface area (Å²) in [4.78, 5) is 29.6. The van der Waals surface area contributed by atoms with Gasteiger partial charge >= 0.3 is 13.6 Å². The first-order valence-electron chi connectivity index (χ1n) is 6.82. The molecule has 6 nitrogen and oxygen atoms in total. The van der Waals surface area contributed by atoms with E-state index in [-0.39, 0.29) is 25.0 Å².